The minimum atomic E-state index is 0.283. The van der Waals surface area contributed by atoms with Crippen LogP contribution in [-0.2, 0) is 11.8 Å². The van der Waals surface area contributed by atoms with Gasteiger partial charge in [-0.1, -0.05) is 12.6 Å². The van der Waals surface area contributed by atoms with Crippen LogP contribution in [0, 0.1) is 13.8 Å². The Morgan fingerprint density at radius 3 is 2.66 bits per heavy atom. The summed E-state index contributed by atoms with van der Waals surface area (Å²) >= 11 is 0. The molecule has 168 valence electrons. The lowest BCUT2D eigenvalue weighted by atomic mass is 9.93. The molecule has 0 aliphatic carbocycles. The summed E-state index contributed by atoms with van der Waals surface area (Å²) in [6.07, 6.45) is 0.909. The maximum absolute atomic E-state index is 5.80. The highest BCUT2D eigenvalue weighted by Crippen LogP contribution is 2.35. The second kappa shape index (κ2) is 8.10. The van der Waals surface area contributed by atoms with Crippen LogP contribution in [0.1, 0.15) is 35.9 Å². The van der Waals surface area contributed by atoms with Crippen molar-refractivity contribution in [1.82, 2.24) is 14.5 Å². The number of benzene rings is 1. The van der Waals surface area contributed by atoms with E-state index in [0.717, 1.165) is 62.8 Å². The number of quaternary nitrogens is 1. The van der Waals surface area contributed by atoms with Gasteiger partial charge in [-0.2, -0.15) is 0 Å². The topological polar surface area (TPSA) is 52.0 Å². The van der Waals surface area contributed by atoms with Crippen LogP contribution in [0.2, 0.25) is 0 Å². The zero-order valence-corrected chi connectivity index (χ0v) is 20.3. The number of rotatable bonds is 5. The van der Waals surface area contributed by atoms with Crippen LogP contribution in [0.4, 0.5) is 5.95 Å². The quantitative estimate of drug-likeness (QED) is 0.583. The molecule has 3 heterocycles. The molecule has 1 N–H and O–H groups in total. The fourth-order valence-electron chi connectivity index (χ4n) is 4.47. The zero-order valence-electron chi connectivity index (χ0n) is 20.3. The van der Waals surface area contributed by atoms with E-state index in [4.69, 9.17) is 14.7 Å². The minimum absolute atomic E-state index is 0.283. The molecule has 0 saturated carbocycles. The number of nitrogens with one attached hydrogen (secondary N) is 1. The lowest BCUT2D eigenvalue weighted by Crippen LogP contribution is -2.51. The first-order chi connectivity index (χ1) is 15.1. The second-order valence-corrected chi connectivity index (χ2v) is 9.44. The molecule has 0 radical (unpaired) electrons. The number of aryl methyl sites for hydroxylation is 3. The highest BCUT2D eigenvalue weighted by atomic mass is 16.5. The molecule has 2 aromatic heterocycles. The van der Waals surface area contributed by atoms with Gasteiger partial charge in [0.15, 0.2) is 0 Å². The van der Waals surface area contributed by atoms with Gasteiger partial charge in [-0.3, -0.25) is 4.98 Å². The van der Waals surface area contributed by atoms with E-state index in [2.05, 4.69) is 74.7 Å². The number of hydrogen-bond acceptors (Lipinski definition) is 4. The standard InChI is InChI=1S/C26H34N5O/c1-16-9-10-21-23(13-16)30(5)26(29-21)28-18(3)20-14-17(2)27-22(15-20)25-19(4)31(6,7)12-11-24(25)32-8/h9-10,13-15,19H,3,11-12H2,1-2,4-8H3,(H,28,29)/q+1. The van der Waals surface area contributed by atoms with Crippen molar-refractivity contribution >= 4 is 28.3 Å². The number of anilines is 1. The van der Waals surface area contributed by atoms with Crippen LogP contribution in [0.25, 0.3) is 22.3 Å². The third-order valence-electron chi connectivity index (χ3n) is 6.81. The summed E-state index contributed by atoms with van der Waals surface area (Å²) in [4.78, 5) is 9.64. The van der Waals surface area contributed by atoms with Gasteiger partial charge < -0.3 is 19.1 Å². The molecule has 0 saturated heterocycles. The molecule has 1 aliphatic heterocycles. The Balaban J connectivity index is 1.71. The molecular formula is C26H34N5O+. The van der Waals surface area contributed by atoms with Crippen molar-refractivity contribution in [3.63, 3.8) is 0 Å². The lowest BCUT2D eigenvalue weighted by Gasteiger charge is -2.41. The van der Waals surface area contributed by atoms with E-state index in [1.165, 1.54) is 11.1 Å². The number of hydrogen-bond donors (Lipinski definition) is 1. The SMILES string of the molecule is C=C(Nc1nc2ccc(C)cc2n1C)c1cc(C)nc(C2=C(OC)CC[N+](C)(C)C2C)c1. The summed E-state index contributed by atoms with van der Waals surface area (Å²) in [6.45, 7) is 11.7. The Hall–Kier alpha value is -3.12. The van der Waals surface area contributed by atoms with E-state index in [-0.39, 0.29) is 6.04 Å². The number of methoxy groups -OCH3 is 1. The number of aromatic nitrogens is 3. The van der Waals surface area contributed by atoms with E-state index < -0.39 is 0 Å². The minimum Gasteiger partial charge on any atom is -0.500 e. The van der Waals surface area contributed by atoms with Crippen molar-refractivity contribution in [1.29, 1.82) is 0 Å². The van der Waals surface area contributed by atoms with Gasteiger partial charge in [0, 0.05) is 24.0 Å². The van der Waals surface area contributed by atoms with Crippen LogP contribution in [0.3, 0.4) is 0 Å². The predicted molar refractivity (Wildman–Crippen MR) is 132 cm³/mol. The van der Waals surface area contributed by atoms with Gasteiger partial charge in [0.25, 0.3) is 0 Å². The van der Waals surface area contributed by atoms with Crippen LogP contribution in [0.15, 0.2) is 42.7 Å². The number of ether oxygens (including phenoxy) is 1. The molecular weight excluding hydrogens is 398 g/mol. The van der Waals surface area contributed by atoms with Gasteiger partial charge in [-0.15, -0.1) is 0 Å². The third-order valence-corrected chi connectivity index (χ3v) is 6.81. The Morgan fingerprint density at radius 2 is 1.94 bits per heavy atom. The average molecular weight is 433 g/mol. The normalized spacial score (nSPS) is 18.2. The lowest BCUT2D eigenvalue weighted by molar-refractivity contribution is -0.906. The smallest absolute Gasteiger partial charge is 0.208 e. The highest BCUT2D eigenvalue weighted by molar-refractivity contribution is 5.83. The molecule has 0 spiro atoms. The van der Waals surface area contributed by atoms with Gasteiger partial charge in [0.2, 0.25) is 5.95 Å². The van der Waals surface area contributed by atoms with Crippen molar-refractivity contribution in [2.45, 2.75) is 33.2 Å². The molecule has 0 fully saturated rings. The number of pyridine rings is 1. The van der Waals surface area contributed by atoms with Crippen molar-refractivity contribution in [2.75, 3.05) is 33.1 Å². The largest absolute Gasteiger partial charge is 0.500 e. The van der Waals surface area contributed by atoms with Gasteiger partial charge in [-0.05, 0) is 50.6 Å². The summed E-state index contributed by atoms with van der Waals surface area (Å²) in [7, 11) is 8.31. The van der Waals surface area contributed by atoms with E-state index in [1.54, 1.807) is 7.11 Å². The number of nitrogens with zero attached hydrogens (tertiary/aromatic N) is 4. The first kappa shape index (κ1) is 22.1. The monoisotopic (exact) mass is 432 g/mol. The molecule has 1 unspecified atom stereocenters. The Morgan fingerprint density at radius 1 is 1.19 bits per heavy atom. The van der Waals surface area contributed by atoms with Gasteiger partial charge >= 0.3 is 0 Å². The Kier molecular flexibility index (Phi) is 5.59. The third kappa shape index (κ3) is 3.91. The maximum Gasteiger partial charge on any atom is 0.208 e. The molecule has 0 bridgehead atoms. The van der Waals surface area contributed by atoms with Crippen molar-refractivity contribution < 1.29 is 9.22 Å². The van der Waals surface area contributed by atoms with Crippen LogP contribution < -0.4 is 5.32 Å². The zero-order chi connectivity index (χ0) is 23.2. The number of imidazole rings is 1. The Labute approximate surface area is 190 Å². The number of fused-ring (bicyclic) bond motifs is 1. The first-order valence-corrected chi connectivity index (χ1v) is 11.1. The fourth-order valence-corrected chi connectivity index (χ4v) is 4.47. The molecule has 3 aromatic rings. The molecule has 32 heavy (non-hydrogen) atoms. The molecule has 6 nitrogen and oxygen atoms in total. The van der Waals surface area contributed by atoms with E-state index in [9.17, 15) is 0 Å². The summed E-state index contributed by atoms with van der Waals surface area (Å²) in [6, 6.07) is 10.7. The summed E-state index contributed by atoms with van der Waals surface area (Å²) < 4.78 is 8.77. The summed E-state index contributed by atoms with van der Waals surface area (Å²) in [5, 5.41) is 3.42. The second-order valence-electron chi connectivity index (χ2n) is 9.44. The molecule has 1 aromatic carbocycles. The van der Waals surface area contributed by atoms with Crippen molar-refractivity contribution in [3.05, 3.63) is 65.2 Å². The molecule has 1 atom stereocenters. The van der Waals surface area contributed by atoms with Gasteiger partial charge in [0.1, 0.15) is 11.8 Å². The maximum atomic E-state index is 5.80. The predicted octanol–water partition coefficient (Wildman–Crippen LogP) is 4.89. The van der Waals surface area contributed by atoms with E-state index >= 15 is 0 Å². The number of likely N-dealkylation sites (N-methyl/N-ethyl adjacent to an activating group) is 1. The summed E-state index contributed by atoms with van der Waals surface area (Å²) in [5.41, 5.74) is 8.16. The molecule has 6 heteroatoms. The van der Waals surface area contributed by atoms with Gasteiger partial charge in [0.05, 0.1) is 56.5 Å². The van der Waals surface area contributed by atoms with Crippen LogP contribution >= 0.6 is 0 Å². The fraction of sp³-hybridized carbons (Fsp3) is 0.385. The molecule has 1 aliphatic rings. The first-order valence-electron chi connectivity index (χ1n) is 11.1. The van der Waals surface area contributed by atoms with Crippen molar-refractivity contribution in [3.8, 4) is 0 Å². The summed E-state index contributed by atoms with van der Waals surface area (Å²) in [5.74, 6) is 1.80. The van der Waals surface area contributed by atoms with Crippen LogP contribution in [0.5, 0.6) is 0 Å². The van der Waals surface area contributed by atoms with E-state index in [0.29, 0.717) is 0 Å². The van der Waals surface area contributed by atoms with E-state index in [1.807, 2.05) is 14.0 Å². The molecule has 0 amide bonds. The van der Waals surface area contributed by atoms with Crippen LogP contribution in [-0.4, -0.2) is 52.8 Å². The molecule has 4 rings (SSSR count). The van der Waals surface area contributed by atoms with Gasteiger partial charge in [-0.25, -0.2) is 4.98 Å². The highest BCUT2D eigenvalue weighted by Gasteiger charge is 2.36. The van der Waals surface area contributed by atoms with Crippen molar-refractivity contribution in [2.24, 2.45) is 7.05 Å². The average Bonchev–Trinajstić information content (AvgIpc) is 3.04. The Bertz CT molecular complexity index is 1230.